The summed E-state index contributed by atoms with van der Waals surface area (Å²) < 4.78 is 5.31. The summed E-state index contributed by atoms with van der Waals surface area (Å²) in [4.78, 5) is 26.4. The highest BCUT2D eigenvalue weighted by Crippen LogP contribution is 2.33. The third kappa shape index (κ3) is 3.25. The zero-order chi connectivity index (χ0) is 17.1. The van der Waals surface area contributed by atoms with E-state index in [1.807, 2.05) is 55.5 Å². The van der Waals surface area contributed by atoms with Crippen LogP contribution in [0, 0.1) is 12.8 Å². The molecule has 0 aliphatic carbocycles. The first-order chi connectivity index (χ1) is 11.6. The van der Waals surface area contributed by atoms with E-state index in [0.717, 1.165) is 11.3 Å². The van der Waals surface area contributed by atoms with Crippen LogP contribution in [0.15, 0.2) is 48.5 Å². The number of carbonyl (C=O) groups excluding carboxylic acids is 2. The largest absolute Gasteiger partial charge is 0.495 e. The zero-order valence-corrected chi connectivity index (χ0v) is 13.8. The van der Waals surface area contributed by atoms with E-state index < -0.39 is 0 Å². The third-order valence-corrected chi connectivity index (χ3v) is 4.19. The molecule has 0 unspecified atom stereocenters. The molecule has 1 N–H and O–H groups in total. The predicted octanol–water partition coefficient (Wildman–Crippen LogP) is 3.00. The summed E-state index contributed by atoms with van der Waals surface area (Å²) in [6, 6.07) is 15.0. The number of carbonyl (C=O) groups is 2. The van der Waals surface area contributed by atoms with Crippen LogP contribution in [0.25, 0.3) is 0 Å². The number of rotatable bonds is 4. The highest BCUT2D eigenvalue weighted by molar-refractivity contribution is 6.04. The molecule has 1 saturated heterocycles. The molecule has 0 aromatic heterocycles. The van der Waals surface area contributed by atoms with Crippen LogP contribution in [0.5, 0.6) is 5.75 Å². The van der Waals surface area contributed by atoms with Gasteiger partial charge in [-0.1, -0.05) is 29.8 Å². The Morgan fingerprint density at radius 3 is 2.58 bits per heavy atom. The molecule has 1 atom stereocenters. The molecule has 0 spiro atoms. The highest BCUT2D eigenvalue weighted by atomic mass is 16.5. The highest BCUT2D eigenvalue weighted by Gasteiger charge is 2.36. The number of anilines is 2. The molecule has 1 fully saturated rings. The number of nitrogens with zero attached hydrogens (tertiary/aromatic N) is 1. The molecule has 124 valence electrons. The Morgan fingerprint density at radius 2 is 1.88 bits per heavy atom. The van der Waals surface area contributed by atoms with Gasteiger partial charge in [-0.2, -0.15) is 0 Å². The van der Waals surface area contributed by atoms with Crippen LogP contribution < -0.4 is 15.0 Å². The standard InChI is InChI=1S/C19H20N2O3/c1-13-7-9-15(10-8-13)20-19(23)14-11-18(22)21(12-14)16-5-3-4-6-17(16)24-2/h3-10,14H,11-12H2,1-2H3,(H,20,23)/t14-/m0/s1. The van der Waals surface area contributed by atoms with Crippen LogP contribution in [0.2, 0.25) is 0 Å². The van der Waals surface area contributed by atoms with E-state index in [4.69, 9.17) is 4.74 Å². The summed E-state index contributed by atoms with van der Waals surface area (Å²) in [5, 5.41) is 2.88. The minimum Gasteiger partial charge on any atom is -0.495 e. The van der Waals surface area contributed by atoms with Crippen molar-refractivity contribution in [2.45, 2.75) is 13.3 Å². The van der Waals surface area contributed by atoms with Crippen molar-refractivity contribution in [2.24, 2.45) is 5.92 Å². The van der Waals surface area contributed by atoms with E-state index in [9.17, 15) is 9.59 Å². The van der Waals surface area contributed by atoms with E-state index in [2.05, 4.69) is 5.32 Å². The van der Waals surface area contributed by atoms with Crippen LogP contribution >= 0.6 is 0 Å². The summed E-state index contributed by atoms with van der Waals surface area (Å²) in [6.07, 6.45) is 0.204. The Hall–Kier alpha value is -2.82. The SMILES string of the molecule is COc1ccccc1N1C[C@@H](C(=O)Nc2ccc(C)cc2)CC1=O. The lowest BCUT2D eigenvalue weighted by molar-refractivity contribution is -0.122. The number of methoxy groups -OCH3 is 1. The first-order valence-corrected chi connectivity index (χ1v) is 7.89. The van der Waals surface area contributed by atoms with E-state index in [1.165, 1.54) is 0 Å². The van der Waals surface area contributed by atoms with Crippen molar-refractivity contribution in [1.29, 1.82) is 0 Å². The Morgan fingerprint density at radius 1 is 1.17 bits per heavy atom. The number of hydrogen-bond donors (Lipinski definition) is 1. The molecule has 2 aromatic carbocycles. The topological polar surface area (TPSA) is 58.6 Å². The Bertz CT molecular complexity index is 755. The summed E-state index contributed by atoms with van der Waals surface area (Å²) in [5.74, 6) is 0.0577. The van der Waals surface area contributed by atoms with Gasteiger partial charge in [0.05, 0.1) is 18.7 Å². The van der Waals surface area contributed by atoms with Crippen molar-refractivity contribution >= 4 is 23.2 Å². The van der Waals surface area contributed by atoms with Crippen molar-refractivity contribution in [3.63, 3.8) is 0 Å². The molecule has 3 rings (SSSR count). The van der Waals surface area contributed by atoms with Crippen LogP contribution in [-0.4, -0.2) is 25.5 Å². The monoisotopic (exact) mass is 324 g/mol. The van der Waals surface area contributed by atoms with Gasteiger partial charge in [0, 0.05) is 18.7 Å². The number of nitrogens with one attached hydrogen (secondary N) is 1. The van der Waals surface area contributed by atoms with E-state index in [1.54, 1.807) is 12.0 Å². The zero-order valence-electron chi connectivity index (χ0n) is 13.8. The maximum Gasteiger partial charge on any atom is 0.229 e. The third-order valence-electron chi connectivity index (χ3n) is 4.19. The van der Waals surface area contributed by atoms with Gasteiger partial charge in [0.15, 0.2) is 0 Å². The molecule has 0 saturated carbocycles. The minimum atomic E-state index is -0.372. The number of benzene rings is 2. The second-order valence-electron chi connectivity index (χ2n) is 5.93. The summed E-state index contributed by atoms with van der Waals surface area (Å²) in [7, 11) is 1.57. The van der Waals surface area contributed by atoms with E-state index in [0.29, 0.717) is 18.0 Å². The molecule has 1 aliphatic heterocycles. The van der Waals surface area contributed by atoms with Gasteiger partial charge >= 0.3 is 0 Å². The molecule has 0 bridgehead atoms. The lowest BCUT2D eigenvalue weighted by Gasteiger charge is -2.19. The van der Waals surface area contributed by atoms with Crippen molar-refractivity contribution < 1.29 is 14.3 Å². The van der Waals surface area contributed by atoms with Gasteiger partial charge in [-0.3, -0.25) is 9.59 Å². The van der Waals surface area contributed by atoms with Gasteiger partial charge in [-0.15, -0.1) is 0 Å². The van der Waals surface area contributed by atoms with E-state index in [-0.39, 0.29) is 24.2 Å². The van der Waals surface area contributed by atoms with Gasteiger partial charge in [-0.05, 0) is 31.2 Å². The normalized spacial score (nSPS) is 17.0. The van der Waals surface area contributed by atoms with Crippen molar-refractivity contribution in [2.75, 3.05) is 23.9 Å². The molecule has 2 aromatic rings. The molecule has 2 amide bonds. The van der Waals surface area contributed by atoms with Crippen LogP contribution in [-0.2, 0) is 9.59 Å². The van der Waals surface area contributed by atoms with Gasteiger partial charge in [0.25, 0.3) is 0 Å². The van der Waals surface area contributed by atoms with Gasteiger partial charge in [0.1, 0.15) is 5.75 Å². The van der Waals surface area contributed by atoms with Gasteiger partial charge < -0.3 is 15.0 Å². The van der Waals surface area contributed by atoms with Crippen LogP contribution in [0.4, 0.5) is 11.4 Å². The molecule has 1 heterocycles. The fraction of sp³-hybridized carbons (Fsp3) is 0.263. The number of para-hydroxylation sites is 2. The lowest BCUT2D eigenvalue weighted by Crippen LogP contribution is -2.28. The predicted molar refractivity (Wildman–Crippen MR) is 93.3 cm³/mol. The summed E-state index contributed by atoms with van der Waals surface area (Å²) in [5.41, 5.74) is 2.58. The molecule has 5 heteroatoms. The molecule has 0 radical (unpaired) electrons. The maximum absolute atomic E-state index is 12.5. The van der Waals surface area contributed by atoms with Gasteiger partial charge in [0.2, 0.25) is 11.8 Å². The fourth-order valence-corrected chi connectivity index (χ4v) is 2.85. The second kappa shape index (κ2) is 6.74. The molecule has 1 aliphatic rings. The first kappa shape index (κ1) is 16.1. The molecular formula is C19H20N2O3. The Kier molecular flexibility index (Phi) is 4.51. The van der Waals surface area contributed by atoms with Crippen molar-refractivity contribution in [3.8, 4) is 5.75 Å². The van der Waals surface area contributed by atoms with Crippen molar-refractivity contribution in [1.82, 2.24) is 0 Å². The van der Waals surface area contributed by atoms with Crippen LogP contribution in [0.3, 0.4) is 0 Å². The second-order valence-corrected chi connectivity index (χ2v) is 5.93. The number of ether oxygens (including phenoxy) is 1. The minimum absolute atomic E-state index is 0.0662. The Balaban J connectivity index is 1.72. The number of amides is 2. The molecular weight excluding hydrogens is 304 g/mol. The number of hydrogen-bond acceptors (Lipinski definition) is 3. The average molecular weight is 324 g/mol. The lowest BCUT2D eigenvalue weighted by atomic mass is 10.1. The molecule has 5 nitrogen and oxygen atoms in total. The maximum atomic E-state index is 12.5. The number of aryl methyl sites for hydroxylation is 1. The summed E-state index contributed by atoms with van der Waals surface area (Å²) in [6.45, 7) is 2.35. The average Bonchev–Trinajstić information content (AvgIpc) is 2.98. The molecule has 24 heavy (non-hydrogen) atoms. The smallest absolute Gasteiger partial charge is 0.229 e. The Labute approximate surface area is 141 Å². The van der Waals surface area contributed by atoms with Crippen LogP contribution in [0.1, 0.15) is 12.0 Å². The van der Waals surface area contributed by atoms with E-state index >= 15 is 0 Å². The first-order valence-electron chi connectivity index (χ1n) is 7.89. The van der Waals surface area contributed by atoms with Gasteiger partial charge in [-0.25, -0.2) is 0 Å². The van der Waals surface area contributed by atoms with Crippen molar-refractivity contribution in [3.05, 3.63) is 54.1 Å². The summed E-state index contributed by atoms with van der Waals surface area (Å²) >= 11 is 0. The quantitative estimate of drug-likeness (QED) is 0.940. The fourth-order valence-electron chi connectivity index (χ4n) is 2.85.